The molecule has 24 heavy (non-hydrogen) atoms. The molecule has 2 aliphatic rings. The summed E-state index contributed by atoms with van der Waals surface area (Å²) in [5, 5.41) is 2.78. The SMILES string of the molecule is C=CCNC(=O)Cn1cccc2cc(-c3ccc(OC)cc3)nc1-2. The van der Waals surface area contributed by atoms with E-state index in [1.54, 1.807) is 13.2 Å². The van der Waals surface area contributed by atoms with Crippen molar-refractivity contribution in [3.63, 3.8) is 0 Å². The molecule has 0 aromatic heterocycles. The quantitative estimate of drug-likeness (QED) is 0.710. The van der Waals surface area contributed by atoms with Gasteiger partial charge in [0.2, 0.25) is 5.91 Å². The van der Waals surface area contributed by atoms with Crippen molar-refractivity contribution in [1.29, 1.82) is 0 Å². The molecule has 0 radical (unpaired) electrons. The Balaban J connectivity index is 1.89. The number of rotatable bonds is 6. The standard InChI is InChI=1S/C19H19N3O2/c1-3-10-20-18(23)13-22-11-4-5-15-12-17(21-19(15)22)14-6-8-16(24-2)9-7-14/h3-9,11-12H,1,10,13H2,2H3,(H,20,23). The van der Waals surface area contributed by atoms with E-state index in [1.807, 2.05) is 53.2 Å². The predicted octanol–water partition coefficient (Wildman–Crippen LogP) is 2.97. The van der Waals surface area contributed by atoms with Crippen LogP contribution < -0.4 is 10.1 Å². The highest BCUT2D eigenvalue weighted by molar-refractivity contribution is 5.78. The number of fused-ring (bicyclic) bond motifs is 1. The Morgan fingerprint density at radius 3 is 2.79 bits per heavy atom. The van der Waals surface area contributed by atoms with Gasteiger partial charge in [-0.25, -0.2) is 4.98 Å². The average Bonchev–Trinajstić information content (AvgIpc) is 3.05. The van der Waals surface area contributed by atoms with Crippen molar-refractivity contribution in [2.75, 3.05) is 13.7 Å². The summed E-state index contributed by atoms with van der Waals surface area (Å²) in [6.45, 7) is 4.28. The summed E-state index contributed by atoms with van der Waals surface area (Å²) < 4.78 is 7.03. The number of hydrogen-bond acceptors (Lipinski definition) is 3. The first-order valence-electron chi connectivity index (χ1n) is 7.69. The van der Waals surface area contributed by atoms with Gasteiger partial charge in [-0.15, -0.1) is 6.58 Å². The molecule has 0 saturated heterocycles. The van der Waals surface area contributed by atoms with Gasteiger partial charge in [-0.05, 0) is 42.5 Å². The van der Waals surface area contributed by atoms with E-state index in [-0.39, 0.29) is 12.5 Å². The predicted molar refractivity (Wildman–Crippen MR) is 94.0 cm³/mol. The van der Waals surface area contributed by atoms with Crippen LogP contribution in [0.2, 0.25) is 0 Å². The Bertz CT molecular complexity index is 821. The van der Waals surface area contributed by atoms with Gasteiger partial charge >= 0.3 is 0 Å². The molecular formula is C19H19N3O2. The minimum absolute atomic E-state index is 0.0682. The van der Waals surface area contributed by atoms with E-state index in [9.17, 15) is 4.79 Å². The molecule has 3 rings (SSSR count). The Kier molecular flexibility index (Phi) is 4.61. The highest BCUT2D eigenvalue weighted by Gasteiger charge is 2.14. The van der Waals surface area contributed by atoms with Gasteiger partial charge in [-0.3, -0.25) is 4.79 Å². The lowest BCUT2D eigenvalue weighted by molar-refractivity contribution is -0.121. The first kappa shape index (κ1) is 15.8. The van der Waals surface area contributed by atoms with Gasteiger partial charge in [0, 0.05) is 23.9 Å². The van der Waals surface area contributed by atoms with Crippen LogP contribution in [-0.2, 0) is 11.3 Å². The van der Waals surface area contributed by atoms with Crippen LogP contribution in [0.1, 0.15) is 0 Å². The summed E-state index contributed by atoms with van der Waals surface area (Å²) >= 11 is 0. The highest BCUT2D eigenvalue weighted by atomic mass is 16.5. The summed E-state index contributed by atoms with van der Waals surface area (Å²) in [7, 11) is 1.64. The van der Waals surface area contributed by atoms with Crippen molar-refractivity contribution in [3.8, 4) is 28.4 Å². The summed E-state index contributed by atoms with van der Waals surface area (Å²) in [6.07, 6.45) is 3.52. The van der Waals surface area contributed by atoms with E-state index in [0.29, 0.717) is 6.54 Å². The van der Waals surface area contributed by atoms with E-state index in [0.717, 1.165) is 28.4 Å². The number of nitrogens with zero attached hydrogens (tertiary/aromatic N) is 2. The highest BCUT2D eigenvalue weighted by Crippen LogP contribution is 2.29. The number of nitrogens with one attached hydrogen (secondary N) is 1. The minimum atomic E-state index is -0.0682. The van der Waals surface area contributed by atoms with Gasteiger partial charge in [-0.1, -0.05) is 6.08 Å². The van der Waals surface area contributed by atoms with E-state index in [2.05, 4.69) is 11.9 Å². The number of aromatic nitrogens is 2. The summed E-state index contributed by atoms with van der Waals surface area (Å²) in [6, 6.07) is 13.7. The number of carbonyl (C=O) groups is 1. The zero-order valence-corrected chi connectivity index (χ0v) is 13.5. The average molecular weight is 321 g/mol. The second-order valence-electron chi connectivity index (χ2n) is 5.38. The molecule has 1 amide bonds. The van der Waals surface area contributed by atoms with E-state index >= 15 is 0 Å². The second-order valence-corrected chi connectivity index (χ2v) is 5.38. The maximum Gasteiger partial charge on any atom is 0.240 e. The van der Waals surface area contributed by atoms with Gasteiger partial charge in [0.05, 0.1) is 12.8 Å². The lowest BCUT2D eigenvalue weighted by atomic mass is 10.1. The van der Waals surface area contributed by atoms with Crippen LogP contribution in [0.25, 0.3) is 22.6 Å². The van der Waals surface area contributed by atoms with Crippen LogP contribution in [0.3, 0.4) is 0 Å². The van der Waals surface area contributed by atoms with Gasteiger partial charge in [-0.2, -0.15) is 0 Å². The number of benzene rings is 1. The lowest BCUT2D eigenvalue weighted by Crippen LogP contribution is -2.28. The van der Waals surface area contributed by atoms with E-state index in [1.165, 1.54) is 0 Å². The van der Waals surface area contributed by atoms with Gasteiger partial charge in [0.15, 0.2) is 0 Å². The Labute approximate surface area is 140 Å². The van der Waals surface area contributed by atoms with Crippen molar-refractivity contribution in [1.82, 2.24) is 14.9 Å². The van der Waals surface area contributed by atoms with Crippen LogP contribution in [-0.4, -0.2) is 29.1 Å². The maximum absolute atomic E-state index is 11.9. The van der Waals surface area contributed by atoms with Crippen molar-refractivity contribution >= 4 is 5.91 Å². The molecule has 2 heterocycles. The Morgan fingerprint density at radius 1 is 1.29 bits per heavy atom. The largest absolute Gasteiger partial charge is 0.497 e. The lowest BCUT2D eigenvalue weighted by Gasteiger charge is -2.10. The van der Waals surface area contributed by atoms with E-state index in [4.69, 9.17) is 9.72 Å². The van der Waals surface area contributed by atoms with Crippen LogP contribution in [0.4, 0.5) is 0 Å². The van der Waals surface area contributed by atoms with Crippen LogP contribution in [0.5, 0.6) is 5.75 Å². The number of amides is 1. The molecule has 0 spiro atoms. The third-order valence-electron chi connectivity index (χ3n) is 3.73. The normalized spacial score (nSPS) is 10.5. The molecule has 0 aliphatic carbocycles. The molecular weight excluding hydrogens is 302 g/mol. The van der Waals surface area contributed by atoms with Gasteiger partial charge in [0.25, 0.3) is 0 Å². The smallest absolute Gasteiger partial charge is 0.240 e. The number of methoxy groups -OCH3 is 1. The molecule has 0 saturated carbocycles. The molecule has 0 bridgehead atoms. The molecule has 0 atom stereocenters. The molecule has 0 fully saturated rings. The van der Waals surface area contributed by atoms with Crippen LogP contribution in [0, 0.1) is 0 Å². The topological polar surface area (TPSA) is 56.2 Å². The van der Waals surface area contributed by atoms with Gasteiger partial charge < -0.3 is 14.6 Å². The van der Waals surface area contributed by atoms with Crippen LogP contribution >= 0.6 is 0 Å². The number of ether oxygens (including phenoxy) is 1. The number of carbonyl (C=O) groups excluding carboxylic acids is 1. The summed E-state index contributed by atoms with van der Waals surface area (Å²) in [5.41, 5.74) is 2.88. The van der Waals surface area contributed by atoms with Crippen molar-refractivity contribution in [2.45, 2.75) is 6.54 Å². The first-order valence-corrected chi connectivity index (χ1v) is 7.69. The van der Waals surface area contributed by atoms with Crippen molar-refractivity contribution < 1.29 is 9.53 Å². The fraction of sp³-hybridized carbons (Fsp3) is 0.158. The van der Waals surface area contributed by atoms with E-state index < -0.39 is 0 Å². The molecule has 5 heteroatoms. The molecule has 5 nitrogen and oxygen atoms in total. The van der Waals surface area contributed by atoms with Crippen molar-refractivity contribution in [3.05, 3.63) is 61.3 Å². The number of pyridine rings is 1. The fourth-order valence-corrected chi connectivity index (χ4v) is 2.53. The Morgan fingerprint density at radius 2 is 2.08 bits per heavy atom. The monoisotopic (exact) mass is 321 g/mol. The molecule has 122 valence electrons. The Hall–Kier alpha value is -3.08. The molecule has 1 aromatic rings. The summed E-state index contributed by atoms with van der Waals surface area (Å²) in [5.74, 6) is 1.53. The molecule has 0 unspecified atom stereocenters. The maximum atomic E-state index is 11.9. The number of hydrogen-bond donors (Lipinski definition) is 1. The zero-order chi connectivity index (χ0) is 16.9. The van der Waals surface area contributed by atoms with Gasteiger partial charge in [0.1, 0.15) is 18.1 Å². The molecule has 1 N–H and O–H groups in total. The third kappa shape index (κ3) is 3.30. The molecule has 1 aromatic carbocycles. The summed E-state index contributed by atoms with van der Waals surface area (Å²) in [4.78, 5) is 16.6. The molecule has 2 aliphatic heterocycles. The zero-order valence-electron chi connectivity index (χ0n) is 13.5. The second kappa shape index (κ2) is 7.00. The minimum Gasteiger partial charge on any atom is -0.497 e. The van der Waals surface area contributed by atoms with Crippen molar-refractivity contribution in [2.24, 2.45) is 0 Å². The fourth-order valence-electron chi connectivity index (χ4n) is 2.53. The first-order chi connectivity index (χ1) is 11.7. The third-order valence-corrected chi connectivity index (χ3v) is 3.73. The van der Waals surface area contributed by atoms with Crippen LogP contribution in [0.15, 0.2) is 61.3 Å².